The summed E-state index contributed by atoms with van der Waals surface area (Å²) in [7, 11) is 0. The number of aromatic nitrogens is 2. The van der Waals surface area contributed by atoms with Crippen molar-refractivity contribution < 1.29 is 4.74 Å². The van der Waals surface area contributed by atoms with Crippen molar-refractivity contribution in [3.05, 3.63) is 77.4 Å². The molecule has 1 saturated carbocycles. The molecule has 5 rings (SSSR count). The van der Waals surface area contributed by atoms with Gasteiger partial charge in [-0.1, -0.05) is 18.9 Å². The average Bonchev–Trinajstić information content (AvgIpc) is 3.52. The quantitative estimate of drug-likeness (QED) is 0.409. The van der Waals surface area contributed by atoms with Gasteiger partial charge in [-0.2, -0.15) is 0 Å². The SMILES string of the molecule is Cc1cc([C@H]2[C@@H](c3ccccn3)NC(=S)N2c2ccc(OC(C)C)cc2)c(C)n1C1CCCC1. The fourth-order valence-electron chi connectivity index (χ4n) is 5.73. The molecule has 6 heteroatoms. The third kappa shape index (κ3) is 4.20. The molecule has 0 radical (unpaired) electrons. The maximum absolute atomic E-state index is 5.92. The molecule has 5 nitrogen and oxygen atoms in total. The Morgan fingerprint density at radius 2 is 1.79 bits per heavy atom. The Morgan fingerprint density at radius 1 is 1.06 bits per heavy atom. The summed E-state index contributed by atoms with van der Waals surface area (Å²) in [5.41, 5.74) is 6.05. The molecule has 0 unspecified atom stereocenters. The minimum Gasteiger partial charge on any atom is -0.491 e. The van der Waals surface area contributed by atoms with Crippen LogP contribution in [0, 0.1) is 13.8 Å². The van der Waals surface area contributed by atoms with Gasteiger partial charge in [0.25, 0.3) is 0 Å². The predicted octanol–water partition coefficient (Wildman–Crippen LogP) is 6.58. The van der Waals surface area contributed by atoms with Gasteiger partial charge >= 0.3 is 0 Å². The second-order valence-electron chi connectivity index (χ2n) is 9.79. The van der Waals surface area contributed by atoms with Gasteiger partial charge < -0.3 is 19.5 Å². The first kappa shape index (κ1) is 22.9. The van der Waals surface area contributed by atoms with Crippen LogP contribution in [0.5, 0.6) is 5.75 Å². The van der Waals surface area contributed by atoms with Crippen LogP contribution in [0.4, 0.5) is 5.69 Å². The molecule has 1 aliphatic heterocycles. The third-order valence-corrected chi connectivity index (χ3v) is 7.43. The molecule has 3 aromatic rings. The summed E-state index contributed by atoms with van der Waals surface area (Å²) in [5, 5.41) is 4.32. The first-order valence-electron chi connectivity index (χ1n) is 12.4. The van der Waals surface area contributed by atoms with Crippen molar-refractivity contribution in [2.75, 3.05) is 4.90 Å². The van der Waals surface area contributed by atoms with E-state index < -0.39 is 0 Å². The highest BCUT2D eigenvalue weighted by Gasteiger charge is 2.42. The number of nitrogens with zero attached hydrogens (tertiary/aromatic N) is 3. The normalized spacial score (nSPS) is 20.9. The van der Waals surface area contributed by atoms with Gasteiger partial charge in [0.2, 0.25) is 0 Å². The molecule has 178 valence electrons. The van der Waals surface area contributed by atoms with Gasteiger partial charge in [0.15, 0.2) is 5.11 Å². The lowest BCUT2D eigenvalue weighted by molar-refractivity contribution is 0.242. The summed E-state index contributed by atoms with van der Waals surface area (Å²) in [6.45, 7) is 8.60. The van der Waals surface area contributed by atoms with Gasteiger partial charge in [-0.3, -0.25) is 4.98 Å². The molecule has 1 aliphatic carbocycles. The predicted molar refractivity (Wildman–Crippen MR) is 142 cm³/mol. The van der Waals surface area contributed by atoms with E-state index in [9.17, 15) is 0 Å². The Hall–Kier alpha value is -2.86. The molecule has 0 amide bonds. The van der Waals surface area contributed by atoms with E-state index in [1.54, 1.807) is 0 Å². The fraction of sp³-hybridized carbons (Fsp3) is 0.429. The summed E-state index contributed by atoms with van der Waals surface area (Å²) in [6.07, 6.45) is 7.17. The zero-order chi connectivity index (χ0) is 23.8. The van der Waals surface area contributed by atoms with Crippen molar-refractivity contribution in [2.24, 2.45) is 0 Å². The lowest BCUT2D eigenvalue weighted by Crippen LogP contribution is -2.29. The van der Waals surface area contributed by atoms with E-state index in [1.807, 2.05) is 44.3 Å². The smallest absolute Gasteiger partial charge is 0.174 e. The zero-order valence-electron chi connectivity index (χ0n) is 20.5. The molecule has 2 aliphatic rings. The highest BCUT2D eigenvalue weighted by molar-refractivity contribution is 7.80. The number of hydrogen-bond acceptors (Lipinski definition) is 3. The topological polar surface area (TPSA) is 42.3 Å². The monoisotopic (exact) mass is 474 g/mol. The van der Waals surface area contributed by atoms with Gasteiger partial charge in [0.05, 0.1) is 23.9 Å². The Kier molecular flexibility index (Phi) is 6.34. The summed E-state index contributed by atoms with van der Waals surface area (Å²) < 4.78 is 8.44. The van der Waals surface area contributed by atoms with Crippen LogP contribution in [-0.4, -0.2) is 20.8 Å². The van der Waals surface area contributed by atoms with Gasteiger partial charge in [-0.05, 0) is 101 Å². The molecular weight excluding hydrogens is 440 g/mol. The summed E-state index contributed by atoms with van der Waals surface area (Å²) in [6, 6.07) is 17.3. The molecule has 2 fully saturated rings. The van der Waals surface area contributed by atoms with Crippen molar-refractivity contribution in [3.63, 3.8) is 0 Å². The number of hydrogen-bond donors (Lipinski definition) is 1. The number of rotatable bonds is 6. The van der Waals surface area contributed by atoms with Gasteiger partial charge in [0, 0.05) is 29.3 Å². The number of aryl methyl sites for hydroxylation is 1. The second kappa shape index (κ2) is 9.41. The number of thiocarbonyl (C=S) groups is 1. The van der Waals surface area contributed by atoms with E-state index in [0.717, 1.165) is 22.2 Å². The standard InChI is InChI=1S/C28H34N4OS/c1-18(2)33-23-14-12-22(13-15-23)32-27(26(30-28(32)34)25-11-7-8-16-29-25)24-17-19(3)31(20(24)4)21-9-5-6-10-21/h7-8,11-18,21,26-27H,5-6,9-10H2,1-4H3,(H,30,34)/t26-,27+/m1/s1. The van der Waals surface area contributed by atoms with Crippen LogP contribution < -0.4 is 15.0 Å². The zero-order valence-corrected chi connectivity index (χ0v) is 21.3. The summed E-state index contributed by atoms with van der Waals surface area (Å²) >= 11 is 5.92. The van der Waals surface area contributed by atoms with Gasteiger partial charge in [-0.15, -0.1) is 0 Å². The van der Waals surface area contributed by atoms with E-state index >= 15 is 0 Å². The minimum atomic E-state index is -0.0298. The van der Waals surface area contributed by atoms with Crippen molar-refractivity contribution in [1.82, 2.24) is 14.9 Å². The highest BCUT2D eigenvalue weighted by Crippen LogP contribution is 2.45. The van der Waals surface area contributed by atoms with Crippen molar-refractivity contribution in [1.29, 1.82) is 0 Å². The minimum absolute atomic E-state index is 0.0145. The summed E-state index contributed by atoms with van der Waals surface area (Å²) in [4.78, 5) is 6.97. The Bertz CT molecular complexity index is 1150. The van der Waals surface area contributed by atoms with E-state index in [1.165, 1.54) is 42.6 Å². The largest absolute Gasteiger partial charge is 0.491 e. The van der Waals surface area contributed by atoms with E-state index in [4.69, 9.17) is 21.9 Å². The van der Waals surface area contributed by atoms with Gasteiger partial charge in [0.1, 0.15) is 5.75 Å². The number of benzene rings is 1. The highest BCUT2D eigenvalue weighted by atomic mass is 32.1. The molecular formula is C28H34N4OS. The molecule has 3 heterocycles. The van der Waals surface area contributed by atoms with E-state index in [2.05, 4.69) is 52.9 Å². The van der Waals surface area contributed by atoms with Crippen LogP contribution >= 0.6 is 12.2 Å². The number of nitrogens with one attached hydrogen (secondary N) is 1. The Labute approximate surface area is 208 Å². The van der Waals surface area contributed by atoms with Crippen LogP contribution in [0.1, 0.15) is 80.3 Å². The second-order valence-corrected chi connectivity index (χ2v) is 10.2. The summed E-state index contributed by atoms with van der Waals surface area (Å²) in [5.74, 6) is 0.870. The molecule has 0 bridgehead atoms. The van der Waals surface area contributed by atoms with Crippen LogP contribution in [0.3, 0.4) is 0 Å². The number of ether oxygens (including phenoxy) is 1. The van der Waals surface area contributed by atoms with Crippen molar-refractivity contribution in [2.45, 2.75) is 77.6 Å². The number of anilines is 1. The molecule has 34 heavy (non-hydrogen) atoms. The van der Waals surface area contributed by atoms with Crippen molar-refractivity contribution in [3.8, 4) is 5.75 Å². The van der Waals surface area contributed by atoms with E-state index in [0.29, 0.717) is 6.04 Å². The maximum atomic E-state index is 5.92. The van der Waals surface area contributed by atoms with E-state index in [-0.39, 0.29) is 18.2 Å². The molecule has 2 atom stereocenters. The first-order chi connectivity index (χ1) is 16.4. The lowest BCUT2D eigenvalue weighted by Gasteiger charge is -2.29. The van der Waals surface area contributed by atoms with Crippen LogP contribution in [0.2, 0.25) is 0 Å². The first-order valence-corrected chi connectivity index (χ1v) is 12.8. The third-order valence-electron chi connectivity index (χ3n) is 7.12. The van der Waals surface area contributed by atoms with Crippen LogP contribution in [0.15, 0.2) is 54.7 Å². The van der Waals surface area contributed by atoms with Crippen molar-refractivity contribution >= 4 is 23.0 Å². The lowest BCUT2D eigenvalue weighted by atomic mass is 9.96. The average molecular weight is 475 g/mol. The molecule has 1 N–H and O–H groups in total. The fourth-order valence-corrected chi connectivity index (χ4v) is 6.08. The van der Waals surface area contributed by atoms with Crippen LogP contribution in [0.25, 0.3) is 0 Å². The van der Waals surface area contributed by atoms with Gasteiger partial charge in [-0.25, -0.2) is 0 Å². The number of pyridine rings is 1. The molecule has 0 spiro atoms. The Morgan fingerprint density at radius 3 is 2.44 bits per heavy atom. The Balaban J connectivity index is 1.59. The molecule has 1 aromatic carbocycles. The maximum Gasteiger partial charge on any atom is 0.174 e. The van der Waals surface area contributed by atoms with Crippen LogP contribution in [-0.2, 0) is 0 Å². The molecule has 1 saturated heterocycles. The molecule has 2 aromatic heterocycles.